The van der Waals surface area contributed by atoms with Gasteiger partial charge < -0.3 is 29.4 Å². The predicted octanol–water partition coefficient (Wildman–Crippen LogP) is 27.4. The summed E-state index contributed by atoms with van der Waals surface area (Å²) in [5.41, 5.74) is 25.0. The summed E-state index contributed by atoms with van der Waals surface area (Å²) in [6, 6.07) is 146. The molecule has 0 radical (unpaired) electrons. The van der Waals surface area contributed by atoms with Crippen molar-refractivity contribution in [1.82, 2.24) is 0 Å². The predicted molar refractivity (Wildman–Crippen MR) is 444 cm³/mol. The van der Waals surface area contributed by atoms with Gasteiger partial charge in [0.25, 0.3) is 0 Å². The molecule has 0 aliphatic heterocycles. The maximum atomic E-state index is 2.31. The van der Waals surface area contributed by atoms with Gasteiger partial charge in [-0.2, -0.15) is 0 Å². The second-order valence-corrected chi connectivity index (χ2v) is 25.2. The number of anilines is 16. The molecule has 0 aliphatic carbocycles. The van der Waals surface area contributed by atoms with Crippen LogP contribution in [0.3, 0.4) is 0 Å². The summed E-state index contributed by atoms with van der Waals surface area (Å²) in [6.45, 7) is 10.6. The molecule has 15 aromatic carbocycles. The van der Waals surface area contributed by atoms with Gasteiger partial charge in [-0.15, -0.1) is 0 Å². The first kappa shape index (κ1) is 71.4. The maximum absolute atomic E-state index is 2.31. The van der Waals surface area contributed by atoms with Crippen molar-refractivity contribution >= 4 is 91.0 Å². The number of hydrogen-bond acceptors (Lipinski definition) is 6. The van der Waals surface area contributed by atoms with Crippen molar-refractivity contribution < 1.29 is 0 Å². The zero-order valence-corrected chi connectivity index (χ0v) is 60.0. The molecule has 0 unspecified atom stereocenters. The van der Waals surface area contributed by atoms with Crippen LogP contribution in [0.15, 0.2) is 419 Å². The summed E-state index contributed by atoms with van der Waals surface area (Å²) < 4.78 is 0. The first-order chi connectivity index (χ1) is 50.5. The van der Waals surface area contributed by atoms with Crippen LogP contribution < -0.4 is 29.4 Å². The van der Waals surface area contributed by atoms with E-state index >= 15 is 0 Å². The van der Waals surface area contributed by atoms with E-state index in [0.717, 1.165) is 34.1 Å². The number of nitrogens with zero attached hydrogens (tertiary/aromatic N) is 6. The van der Waals surface area contributed by atoms with E-state index in [2.05, 4.69) is 460 Å². The van der Waals surface area contributed by atoms with Crippen molar-refractivity contribution in [2.24, 2.45) is 0 Å². The third-order valence-electron chi connectivity index (χ3n) is 17.4. The second kappa shape index (κ2) is 36.8. The molecular weight excluding hydrogens is 1250 g/mol. The van der Waals surface area contributed by atoms with Crippen molar-refractivity contribution in [3.8, 4) is 0 Å². The van der Waals surface area contributed by atoms with Crippen molar-refractivity contribution in [2.75, 3.05) is 43.5 Å². The Balaban J connectivity index is 0.000000134. The fourth-order valence-electron chi connectivity index (χ4n) is 12.0. The number of rotatable bonds is 16. The fourth-order valence-corrected chi connectivity index (χ4v) is 12.0. The smallest absolute Gasteiger partial charge is 0.0485 e. The molecule has 0 spiro atoms. The first-order valence-corrected chi connectivity index (χ1v) is 35.1. The normalized spacial score (nSPS) is 10.3. The lowest BCUT2D eigenvalue weighted by atomic mass is 10.1. The molecule has 0 saturated carbocycles. The molecule has 15 rings (SSSR count). The van der Waals surface area contributed by atoms with Crippen LogP contribution in [0, 0.1) is 34.6 Å². The molecule has 0 heterocycles. The Kier molecular flexibility index (Phi) is 25.5. The molecule has 0 N–H and O–H groups in total. The van der Waals surface area contributed by atoms with Crippen molar-refractivity contribution in [3.05, 3.63) is 446 Å². The van der Waals surface area contributed by atoms with E-state index < -0.39 is 0 Å². The van der Waals surface area contributed by atoms with Crippen LogP contribution >= 0.6 is 0 Å². The summed E-state index contributed by atoms with van der Waals surface area (Å²) in [7, 11) is 4.17. The fraction of sp³-hybridized carbons (Fsp3) is 0.0722. The highest BCUT2D eigenvalue weighted by Crippen LogP contribution is 2.42. The Labute approximate surface area is 611 Å². The molecule has 0 fully saturated rings. The third kappa shape index (κ3) is 20.2. The van der Waals surface area contributed by atoms with E-state index in [0.29, 0.717) is 0 Å². The third-order valence-corrected chi connectivity index (χ3v) is 17.4. The standard InChI is InChI=1S/C31H26N2.2C19H17N.C15H17N.C13H13N/c1-25-22-30(32(26-14-6-2-7-15-26)27-16-8-3-9-17-27)24-31(23-25)33(28-18-10-4-11-19-28)29-20-12-5-13-21-29;1-16-9-8-14-19(15-16)20(17-10-4-2-5-11-17)18-12-6-3-7-13-18;1-16-12-14-19(15-13-16)20(17-8-4-2-5-9-17)18-10-6-3-7-11-18;1-12-4-8-14(9-5-12)16(3)15-10-6-13(2)7-11-15;1-14(12-8-4-2-5-9-12)13-10-6-3-7-11-13/h2-24H,1H3;2*2-15H,1H3;4-11H,1-3H3;2-11H,1H3. The minimum atomic E-state index is 1.12. The lowest BCUT2D eigenvalue weighted by Crippen LogP contribution is -2.13. The molecule has 6 heteroatoms. The van der Waals surface area contributed by atoms with E-state index in [-0.39, 0.29) is 0 Å². The van der Waals surface area contributed by atoms with Gasteiger partial charge in [0.2, 0.25) is 0 Å². The van der Waals surface area contributed by atoms with Gasteiger partial charge in [-0.3, -0.25) is 0 Å². The van der Waals surface area contributed by atoms with Crippen molar-refractivity contribution in [2.45, 2.75) is 34.6 Å². The van der Waals surface area contributed by atoms with E-state index in [1.54, 1.807) is 0 Å². The largest absolute Gasteiger partial charge is 0.345 e. The number of hydrogen-bond donors (Lipinski definition) is 0. The zero-order valence-electron chi connectivity index (χ0n) is 60.0. The van der Waals surface area contributed by atoms with Crippen molar-refractivity contribution in [3.63, 3.8) is 0 Å². The minimum absolute atomic E-state index is 1.12. The zero-order chi connectivity index (χ0) is 71.4. The quantitative estimate of drug-likeness (QED) is 0.0953. The van der Waals surface area contributed by atoms with E-state index in [1.807, 2.05) is 36.4 Å². The Hall–Kier alpha value is -12.9. The van der Waals surface area contributed by atoms with E-state index in [4.69, 9.17) is 0 Å². The molecule has 0 aliphatic rings. The lowest BCUT2D eigenvalue weighted by molar-refractivity contribution is 1.20. The second-order valence-electron chi connectivity index (χ2n) is 25.2. The summed E-state index contributed by atoms with van der Waals surface area (Å²) in [4.78, 5) is 13.5. The summed E-state index contributed by atoms with van der Waals surface area (Å²) in [6.07, 6.45) is 0. The van der Waals surface area contributed by atoms with Gasteiger partial charge in [-0.1, -0.05) is 247 Å². The van der Waals surface area contributed by atoms with Gasteiger partial charge in [-0.25, -0.2) is 0 Å². The summed E-state index contributed by atoms with van der Waals surface area (Å²) >= 11 is 0. The average Bonchev–Trinajstić information content (AvgIpc) is 0.840. The molecule has 0 saturated heterocycles. The maximum Gasteiger partial charge on any atom is 0.0485 e. The Morgan fingerprint density at radius 1 is 0.126 bits per heavy atom. The molecule has 0 amide bonds. The topological polar surface area (TPSA) is 19.4 Å². The van der Waals surface area contributed by atoms with Gasteiger partial charge >= 0.3 is 0 Å². The molecule has 0 atom stereocenters. The van der Waals surface area contributed by atoms with Gasteiger partial charge in [-0.05, 0) is 234 Å². The highest BCUT2D eigenvalue weighted by atomic mass is 15.2. The molecule has 0 bridgehead atoms. The monoisotopic (exact) mass is 1340 g/mol. The average molecular weight is 1340 g/mol. The summed E-state index contributed by atoms with van der Waals surface area (Å²) in [5, 5.41) is 0. The van der Waals surface area contributed by atoms with Crippen LogP contribution in [-0.2, 0) is 0 Å². The number of para-hydroxylation sites is 10. The van der Waals surface area contributed by atoms with Crippen LogP contribution in [-0.4, -0.2) is 14.1 Å². The molecular formula is C97H90N6. The highest BCUT2D eigenvalue weighted by molar-refractivity contribution is 5.84. The molecule has 6 nitrogen and oxygen atoms in total. The minimum Gasteiger partial charge on any atom is -0.345 e. The van der Waals surface area contributed by atoms with Gasteiger partial charge in [0.1, 0.15) is 0 Å². The number of aryl methyl sites for hydroxylation is 5. The highest BCUT2D eigenvalue weighted by Gasteiger charge is 2.19. The van der Waals surface area contributed by atoms with Crippen LogP contribution in [0.2, 0.25) is 0 Å². The number of benzene rings is 15. The molecule has 103 heavy (non-hydrogen) atoms. The Morgan fingerprint density at radius 2 is 0.301 bits per heavy atom. The van der Waals surface area contributed by atoms with Crippen LogP contribution in [0.4, 0.5) is 91.0 Å². The molecule has 0 aromatic heterocycles. The van der Waals surface area contributed by atoms with E-state index in [1.165, 1.54) is 84.7 Å². The van der Waals surface area contributed by atoms with Gasteiger partial charge in [0, 0.05) is 105 Å². The van der Waals surface area contributed by atoms with E-state index in [9.17, 15) is 0 Å². The van der Waals surface area contributed by atoms with Crippen LogP contribution in [0.1, 0.15) is 27.8 Å². The van der Waals surface area contributed by atoms with Crippen LogP contribution in [0.5, 0.6) is 0 Å². The summed E-state index contributed by atoms with van der Waals surface area (Å²) in [5.74, 6) is 0. The molecule has 15 aromatic rings. The first-order valence-electron chi connectivity index (χ1n) is 35.1. The van der Waals surface area contributed by atoms with Gasteiger partial charge in [0.15, 0.2) is 0 Å². The SMILES string of the molecule is CN(c1ccccc1)c1ccccc1.Cc1cc(N(c2ccccc2)c2ccccc2)cc(N(c2ccccc2)c2ccccc2)c1.Cc1ccc(N(C)c2ccc(C)cc2)cc1.Cc1ccc(N(c2ccccc2)c2ccccc2)cc1.Cc1cccc(N(c2ccccc2)c2ccccc2)c1. The Morgan fingerprint density at radius 3 is 0.544 bits per heavy atom. The van der Waals surface area contributed by atoms with Gasteiger partial charge in [0.05, 0.1) is 0 Å². The lowest BCUT2D eigenvalue weighted by Gasteiger charge is -2.30. The van der Waals surface area contributed by atoms with Crippen molar-refractivity contribution in [1.29, 1.82) is 0 Å². The Bertz CT molecular complexity index is 4540. The molecule has 508 valence electrons. The van der Waals surface area contributed by atoms with Crippen LogP contribution in [0.25, 0.3) is 0 Å².